The van der Waals surface area contributed by atoms with Crippen LogP contribution in [0.2, 0.25) is 0 Å². The lowest BCUT2D eigenvalue weighted by Gasteiger charge is -2.06. The molecule has 0 spiro atoms. The summed E-state index contributed by atoms with van der Waals surface area (Å²) in [6.07, 6.45) is 0. The molecule has 0 amide bonds. The van der Waals surface area contributed by atoms with Crippen LogP contribution in [-0.2, 0) is 6.54 Å². The van der Waals surface area contributed by atoms with Gasteiger partial charge in [-0.2, -0.15) is 0 Å². The molecule has 16 heavy (non-hydrogen) atoms. The molecule has 1 aromatic carbocycles. The van der Waals surface area contributed by atoms with Gasteiger partial charge in [-0.1, -0.05) is 0 Å². The van der Waals surface area contributed by atoms with E-state index in [9.17, 15) is 4.79 Å². The standard InChI is InChI=1S/C13H15NO2/c1-8-4-11-10(7-14-3)6-13(15)16-12(11)5-9(8)2/h4-6,14H,7H2,1-3H3/p+1. The van der Waals surface area contributed by atoms with E-state index < -0.39 is 0 Å². The minimum absolute atomic E-state index is 0.271. The number of fused-ring (bicyclic) bond motifs is 1. The molecule has 3 nitrogen and oxygen atoms in total. The normalized spacial score (nSPS) is 10.9. The highest BCUT2D eigenvalue weighted by atomic mass is 16.4. The van der Waals surface area contributed by atoms with Crippen LogP contribution in [-0.4, -0.2) is 7.05 Å². The molecule has 3 heteroatoms. The summed E-state index contributed by atoms with van der Waals surface area (Å²) in [5.41, 5.74) is 3.82. The van der Waals surface area contributed by atoms with Crippen molar-refractivity contribution in [2.24, 2.45) is 0 Å². The first-order chi connectivity index (χ1) is 7.61. The lowest BCUT2D eigenvalue weighted by molar-refractivity contribution is -0.643. The first-order valence-corrected chi connectivity index (χ1v) is 5.43. The van der Waals surface area contributed by atoms with Crippen LogP contribution in [0.25, 0.3) is 11.0 Å². The van der Waals surface area contributed by atoms with Crippen LogP contribution in [0.3, 0.4) is 0 Å². The Bertz CT molecular complexity index is 584. The Hall–Kier alpha value is -1.61. The molecule has 0 radical (unpaired) electrons. The zero-order valence-corrected chi connectivity index (χ0v) is 9.83. The summed E-state index contributed by atoms with van der Waals surface area (Å²) in [7, 11) is 1.99. The minimum Gasteiger partial charge on any atom is -0.423 e. The summed E-state index contributed by atoms with van der Waals surface area (Å²) < 4.78 is 5.22. The zero-order valence-electron chi connectivity index (χ0n) is 9.83. The van der Waals surface area contributed by atoms with Gasteiger partial charge in [0.25, 0.3) is 0 Å². The topological polar surface area (TPSA) is 46.8 Å². The van der Waals surface area contributed by atoms with Crippen molar-refractivity contribution in [3.8, 4) is 0 Å². The van der Waals surface area contributed by atoms with E-state index in [-0.39, 0.29) is 5.63 Å². The van der Waals surface area contributed by atoms with Gasteiger partial charge in [0.1, 0.15) is 12.1 Å². The maximum Gasteiger partial charge on any atom is 0.336 e. The van der Waals surface area contributed by atoms with E-state index >= 15 is 0 Å². The van der Waals surface area contributed by atoms with Gasteiger partial charge >= 0.3 is 5.63 Å². The van der Waals surface area contributed by atoms with Gasteiger partial charge in [0.05, 0.1) is 7.05 Å². The molecule has 0 saturated carbocycles. The second-order valence-corrected chi connectivity index (χ2v) is 4.14. The number of nitrogens with two attached hydrogens (primary N) is 1. The summed E-state index contributed by atoms with van der Waals surface area (Å²) in [5.74, 6) is 0. The van der Waals surface area contributed by atoms with E-state index in [1.165, 1.54) is 5.56 Å². The average Bonchev–Trinajstić information content (AvgIpc) is 2.21. The van der Waals surface area contributed by atoms with Gasteiger partial charge in [-0.25, -0.2) is 4.79 Å². The van der Waals surface area contributed by atoms with Crippen LogP contribution >= 0.6 is 0 Å². The maximum atomic E-state index is 11.4. The molecule has 84 valence electrons. The van der Waals surface area contributed by atoms with Crippen molar-refractivity contribution in [1.82, 2.24) is 0 Å². The largest absolute Gasteiger partial charge is 0.423 e. The van der Waals surface area contributed by atoms with E-state index in [2.05, 4.69) is 13.0 Å². The Morgan fingerprint density at radius 1 is 1.19 bits per heavy atom. The van der Waals surface area contributed by atoms with Crippen molar-refractivity contribution >= 4 is 11.0 Å². The number of aryl methyl sites for hydroxylation is 2. The predicted molar refractivity (Wildman–Crippen MR) is 63.5 cm³/mol. The van der Waals surface area contributed by atoms with Gasteiger partial charge < -0.3 is 9.73 Å². The van der Waals surface area contributed by atoms with Crippen molar-refractivity contribution in [2.45, 2.75) is 20.4 Å². The van der Waals surface area contributed by atoms with Crippen LogP contribution in [0.5, 0.6) is 0 Å². The summed E-state index contributed by atoms with van der Waals surface area (Å²) in [5, 5.41) is 3.09. The third kappa shape index (κ3) is 1.86. The van der Waals surface area contributed by atoms with Crippen LogP contribution in [0, 0.1) is 13.8 Å². The summed E-state index contributed by atoms with van der Waals surface area (Å²) in [6.45, 7) is 4.89. The summed E-state index contributed by atoms with van der Waals surface area (Å²) >= 11 is 0. The van der Waals surface area contributed by atoms with E-state index in [0.717, 1.165) is 23.1 Å². The molecule has 2 aromatic rings. The molecule has 0 atom stereocenters. The number of hydrogen-bond donors (Lipinski definition) is 1. The molecular formula is C13H16NO2+. The fraction of sp³-hybridized carbons (Fsp3) is 0.308. The molecule has 0 aliphatic carbocycles. The second-order valence-electron chi connectivity index (χ2n) is 4.14. The summed E-state index contributed by atoms with van der Waals surface area (Å²) in [4.78, 5) is 11.4. The monoisotopic (exact) mass is 218 g/mol. The van der Waals surface area contributed by atoms with E-state index in [4.69, 9.17) is 4.42 Å². The third-order valence-electron chi connectivity index (χ3n) is 2.87. The molecule has 1 heterocycles. The SMILES string of the molecule is C[NH2+]Cc1cc(=O)oc2cc(C)c(C)cc12. The van der Waals surface area contributed by atoms with Gasteiger partial charge in [-0.05, 0) is 37.1 Å². The van der Waals surface area contributed by atoms with E-state index in [0.29, 0.717) is 5.58 Å². The Labute approximate surface area is 94.1 Å². The van der Waals surface area contributed by atoms with Crippen LogP contribution in [0.4, 0.5) is 0 Å². The number of hydrogen-bond acceptors (Lipinski definition) is 2. The fourth-order valence-electron chi connectivity index (χ4n) is 1.87. The highest BCUT2D eigenvalue weighted by molar-refractivity contribution is 5.81. The molecule has 0 saturated heterocycles. The lowest BCUT2D eigenvalue weighted by atomic mass is 10.0. The van der Waals surface area contributed by atoms with Crippen molar-refractivity contribution in [3.63, 3.8) is 0 Å². The zero-order chi connectivity index (χ0) is 11.7. The van der Waals surface area contributed by atoms with Gasteiger partial charge in [0, 0.05) is 17.0 Å². The minimum atomic E-state index is -0.271. The molecule has 2 rings (SSSR count). The number of benzene rings is 1. The molecule has 0 fully saturated rings. The van der Waals surface area contributed by atoms with Crippen molar-refractivity contribution < 1.29 is 9.73 Å². The molecule has 0 aliphatic rings. The van der Waals surface area contributed by atoms with Crippen LogP contribution < -0.4 is 10.9 Å². The van der Waals surface area contributed by atoms with Crippen LogP contribution in [0.1, 0.15) is 16.7 Å². The third-order valence-corrected chi connectivity index (χ3v) is 2.87. The smallest absolute Gasteiger partial charge is 0.336 e. The van der Waals surface area contributed by atoms with Gasteiger partial charge in [-0.3, -0.25) is 0 Å². The Kier molecular flexibility index (Phi) is 2.79. The first kappa shape index (κ1) is 10.9. The van der Waals surface area contributed by atoms with Crippen LogP contribution in [0.15, 0.2) is 27.4 Å². The van der Waals surface area contributed by atoms with Gasteiger partial charge in [0.2, 0.25) is 0 Å². The first-order valence-electron chi connectivity index (χ1n) is 5.43. The molecule has 0 aliphatic heterocycles. The molecule has 0 unspecified atom stereocenters. The Morgan fingerprint density at radius 2 is 1.88 bits per heavy atom. The van der Waals surface area contributed by atoms with Gasteiger partial charge in [-0.15, -0.1) is 0 Å². The highest BCUT2D eigenvalue weighted by Crippen LogP contribution is 2.20. The molecule has 1 aromatic heterocycles. The van der Waals surface area contributed by atoms with Crippen molar-refractivity contribution in [1.29, 1.82) is 0 Å². The number of quaternary nitrogens is 1. The summed E-state index contributed by atoms with van der Waals surface area (Å²) in [6, 6.07) is 5.61. The molecule has 2 N–H and O–H groups in total. The maximum absolute atomic E-state index is 11.4. The van der Waals surface area contributed by atoms with E-state index in [1.54, 1.807) is 6.07 Å². The molecular weight excluding hydrogens is 202 g/mol. The molecule has 0 bridgehead atoms. The Balaban J connectivity index is 2.79. The van der Waals surface area contributed by atoms with Crippen molar-refractivity contribution in [2.75, 3.05) is 7.05 Å². The Morgan fingerprint density at radius 3 is 2.56 bits per heavy atom. The number of rotatable bonds is 2. The van der Waals surface area contributed by atoms with Gasteiger partial charge in [0.15, 0.2) is 0 Å². The average molecular weight is 218 g/mol. The fourth-order valence-corrected chi connectivity index (χ4v) is 1.87. The predicted octanol–water partition coefficient (Wildman–Crippen LogP) is 1.10. The highest BCUT2D eigenvalue weighted by Gasteiger charge is 2.07. The second kappa shape index (κ2) is 4.10. The van der Waals surface area contributed by atoms with E-state index in [1.807, 2.05) is 25.4 Å². The quantitative estimate of drug-likeness (QED) is 0.767. The van der Waals surface area contributed by atoms with Crippen molar-refractivity contribution in [3.05, 3.63) is 45.3 Å². The lowest BCUT2D eigenvalue weighted by Crippen LogP contribution is -2.77.